The minimum Gasteiger partial charge on any atom is -0.356 e. The van der Waals surface area contributed by atoms with Gasteiger partial charge in [0.05, 0.1) is 4.90 Å². The Kier molecular flexibility index (Phi) is 3.67. The van der Waals surface area contributed by atoms with Crippen LogP contribution in [-0.4, -0.2) is 42.7 Å². The second-order valence-corrected chi connectivity index (χ2v) is 7.40. The highest BCUT2D eigenvalue weighted by atomic mass is 32.2. The molecule has 3 rings (SSSR count). The molecule has 112 valence electrons. The van der Waals surface area contributed by atoms with E-state index in [1.165, 1.54) is 12.5 Å². The van der Waals surface area contributed by atoms with E-state index in [1.807, 2.05) is 6.20 Å². The third kappa shape index (κ3) is 3.07. The monoisotopic (exact) mass is 306 g/mol. The van der Waals surface area contributed by atoms with Crippen LogP contribution in [0.2, 0.25) is 0 Å². The van der Waals surface area contributed by atoms with E-state index in [0.29, 0.717) is 5.92 Å². The number of H-pyrrole nitrogens is 1. The molecule has 0 amide bonds. The Bertz CT molecular complexity index is 695. The quantitative estimate of drug-likeness (QED) is 0.931. The summed E-state index contributed by atoms with van der Waals surface area (Å²) in [4.78, 5) is 14.2. The van der Waals surface area contributed by atoms with E-state index in [4.69, 9.17) is 0 Å². The van der Waals surface area contributed by atoms with Crippen molar-refractivity contribution in [1.29, 1.82) is 0 Å². The molecule has 1 unspecified atom stereocenters. The fourth-order valence-electron chi connectivity index (χ4n) is 2.69. The Morgan fingerprint density at radius 1 is 1.33 bits per heavy atom. The lowest BCUT2D eigenvalue weighted by Gasteiger charge is -2.32. The number of anilines is 1. The Morgan fingerprint density at radius 3 is 2.81 bits per heavy atom. The molecule has 21 heavy (non-hydrogen) atoms. The smallest absolute Gasteiger partial charge is 0.177 e. The minimum atomic E-state index is -3.19. The summed E-state index contributed by atoms with van der Waals surface area (Å²) in [6.07, 6.45) is 8.41. The topological polar surface area (TPSA) is 79.0 Å². The van der Waals surface area contributed by atoms with Crippen LogP contribution in [0, 0.1) is 0 Å². The van der Waals surface area contributed by atoms with E-state index in [-0.39, 0.29) is 4.90 Å². The first-order chi connectivity index (χ1) is 10.0. The third-order valence-electron chi connectivity index (χ3n) is 3.80. The zero-order chi connectivity index (χ0) is 14.9. The van der Waals surface area contributed by atoms with Gasteiger partial charge in [0.15, 0.2) is 9.84 Å². The summed E-state index contributed by atoms with van der Waals surface area (Å²) in [5.41, 5.74) is 0. The van der Waals surface area contributed by atoms with Gasteiger partial charge in [-0.15, -0.1) is 0 Å². The molecule has 1 aliphatic heterocycles. The molecule has 2 aromatic rings. The molecule has 1 aliphatic rings. The number of aromatic nitrogens is 3. The van der Waals surface area contributed by atoms with Crippen LogP contribution in [0.3, 0.4) is 0 Å². The summed E-state index contributed by atoms with van der Waals surface area (Å²) in [6.45, 7) is 1.78. The van der Waals surface area contributed by atoms with Gasteiger partial charge in [-0.25, -0.2) is 18.4 Å². The molecule has 7 heteroatoms. The lowest BCUT2D eigenvalue weighted by molar-refractivity contribution is 0.491. The van der Waals surface area contributed by atoms with Gasteiger partial charge in [-0.2, -0.15) is 0 Å². The van der Waals surface area contributed by atoms with E-state index < -0.39 is 9.84 Å². The van der Waals surface area contributed by atoms with Crippen LogP contribution in [0.4, 0.5) is 5.82 Å². The van der Waals surface area contributed by atoms with E-state index in [2.05, 4.69) is 19.9 Å². The number of nitrogens with one attached hydrogen (secondary N) is 1. The molecule has 0 bridgehead atoms. The summed E-state index contributed by atoms with van der Waals surface area (Å²) < 4.78 is 22.9. The maximum Gasteiger partial charge on any atom is 0.177 e. The maximum absolute atomic E-state index is 11.5. The fourth-order valence-corrected chi connectivity index (χ4v) is 3.25. The number of aromatic amines is 1. The van der Waals surface area contributed by atoms with Crippen LogP contribution in [0.15, 0.2) is 35.6 Å². The van der Waals surface area contributed by atoms with Crippen molar-refractivity contribution in [2.75, 3.05) is 24.2 Å². The van der Waals surface area contributed by atoms with Gasteiger partial charge in [-0.05, 0) is 25.0 Å². The Labute approximate surface area is 124 Å². The number of hydrogen-bond donors (Lipinski definition) is 1. The first kappa shape index (κ1) is 14.1. The van der Waals surface area contributed by atoms with Gasteiger partial charge < -0.3 is 9.88 Å². The van der Waals surface area contributed by atoms with Crippen LogP contribution >= 0.6 is 0 Å². The van der Waals surface area contributed by atoms with E-state index in [9.17, 15) is 8.42 Å². The number of piperidine rings is 1. The molecule has 1 saturated heterocycles. The molecular weight excluding hydrogens is 288 g/mol. The Hall–Kier alpha value is -1.89. The summed E-state index contributed by atoms with van der Waals surface area (Å²) in [7, 11) is -3.19. The van der Waals surface area contributed by atoms with Crippen molar-refractivity contribution >= 4 is 15.7 Å². The molecule has 2 aromatic heterocycles. The second kappa shape index (κ2) is 5.48. The summed E-state index contributed by atoms with van der Waals surface area (Å²) >= 11 is 0. The molecule has 0 aromatic carbocycles. The van der Waals surface area contributed by atoms with E-state index in [1.54, 1.807) is 18.3 Å². The molecule has 6 nitrogen and oxygen atoms in total. The van der Waals surface area contributed by atoms with Crippen LogP contribution in [-0.2, 0) is 9.84 Å². The van der Waals surface area contributed by atoms with Gasteiger partial charge in [0.1, 0.15) is 11.6 Å². The molecule has 0 spiro atoms. The van der Waals surface area contributed by atoms with Crippen molar-refractivity contribution in [1.82, 2.24) is 15.0 Å². The molecule has 0 radical (unpaired) electrons. The minimum absolute atomic E-state index is 0.255. The number of nitrogens with zero attached hydrogens (tertiary/aromatic N) is 3. The molecule has 1 atom stereocenters. The fraction of sp³-hybridized carbons (Fsp3) is 0.429. The highest BCUT2D eigenvalue weighted by Gasteiger charge is 2.24. The van der Waals surface area contributed by atoms with Gasteiger partial charge in [0.2, 0.25) is 0 Å². The van der Waals surface area contributed by atoms with E-state index >= 15 is 0 Å². The third-order valence-corrected chi connectivity index (χ3v) is 4.90. The van der Waals surface area contributed by atoms with Gasteiger partial charge in [-0.3, -0.25) is 0 Å². The van der Waals surface area contributed by atoms with Crippen LogP contribution in [0.1, 0.15) is 24.6 Å². The summed E-state index contributed by atoms with van der Waals surface area (Å²) in [5.74, 6) is 2.19. The lowest BCUT2D eigenvalue weighted by Crippen LogP contribution is -2.35. The molecular formula is C14H18N4O2S. The molecule has 3 heterocycles. The van der Waals surface area contributed by atoms with Gasteiger partial charge >= 0.3 is 0 Å². The average Bonchev–Trinajstić information content (AvgIpc) is 3.01. The summed E-state index contributed by atoms with van der Waals surface area (Å²) in [5, 5.41) is 0. The van der Waals surface area contributed by atoms with Gasteiger partial charge in [0.25, 0.3) is 0 Å². The Balaban J connectivity index is 1.77. The molecule has 0 aliphatic carbocycles. The van der Waals surface area contributed by atoms with Crippen molar-refractivity contribution in [2.24, 2.45) is 0 Å². The molecule has 1 N–H and O–H groups in total. The highest BCUT2D eigenvalue weighted by molar-refractivity contribution is 7.90. The zero-order valence-electron chi connectivity index (χ0n) is 11.9. The predicted octanol–water partition coefficient (Wildman–Crippen LogP) is 1.59. The highest BCUT2D eigenvalue weighted by Crippen LogP contribution is 2.27. The number of imidazole rings is 1. The number of rotatable bonds is 3. The summed E-state index contributed by atoms with van der Waals surface area (Å²) in [6, 6.07) is 3.40. The van der Waals surface area contributed by atoms with Crippen LogP contribution in [0.5, 0.6) is 0 Å². The number of hydrogen-bond acceptors (Lipinski definition) is 5. The number of sulfone groups is 1. The number of pyridine rings is 1. The van der Waals surface area contributed by atoms with Crippen LogP contribution < -0.4 is 4.90 Å². The van der Waals surface area contributed by atoms with Gasteiger partial charge in [0, 0.05) is 43.9 Å². The van der Waals surface area contributed by atoms with Crippen molar-refractivity contribution in [3.63, 3.8) is 0 Å². The molecule has 1 fully saturated rings. The van der Waals surface area contributed by atoms with Crippen molar-refractivity contribution in [3.05, 3.63) is 36.5 Å². The first-order valence-corrected chi connectivity index (χ1v) is 8.83. The zero-order valence-corrected chi connectivity index (χ0v) is 12.7. The average molecular weight is 306 g/mol. The normalized spacial score (nSPS) is 19.7. The lowest BCUT2D eigenvalue weighted by atomic mass is 9.97. The first-order valence-electron chi connectivity index (χ1n) is 6.94. The van der Waals surface area contributed by atoms with E-state index in [0.717, 1.165) is 37.6 Å². The standard InChI is InChI=1S/C14H18N4O2S/c1-21(19,20)12-4-5-13(17-9-12)18-8-2-3-11(10-18)14-15-6-7-16-14/h4-7,9,11H,2-3,8,10H2,1H3,(H,15,16). The molecule has 0 saturated carbocycles. The second-order valence-electron chi connectivity index (χ2n) is 5.38. The van der Waals surface area contributed by atoms with Crippen molar-refractivity contribution in [2.45, 2.75) is 23.7 Å². The van der Waals surface area contributed by atoms with Crippen molar-refractivity contribution in [3.8, 4) is 0 Å². The SMILES string of the molecule is CS(=O)(=O)c1ccc(N2CCCC(c3ncc[nH]3)C2)nc1. The predicted molar refractivity (Wildman–Crippen MR) is 80.1 cm³/mol. The van der Waals surface area contributed by atoms with Crippen LogP contribution in [0.25, 0.3) is 0 Å². The largest absolute Gasteiger partial charge is 0.356 e. The van der Waals surface area contributed by atoms with Crippen molar-refractivity contribution < 1.29 is 8.42 Å². The van der Waals surface area contributed by atoms with Gasteiger partial charge in [-0.1, -0.05) is 0 Å². The maximum atomic E-state index is 11.5. The Morgan fingerprint density at radius 2 is 2.19 bits per heavy atom.